The van der Waals surface area contributed by atoms with Crippen molar-refractivity contribution in [3.8, 4) is 11.1 Å². The highest BCUT2D eigenvalue weighted by molar-refractivity contribution is 6.00. The van der Waals surface area contributed by atoms with Crippen molar-refractivity contribution in [1.29, 1.82) is 0 Å². The molecule has 6 nitrogen and oxygen atoms in total. The lowest BCUT2D eigenvalue weighted by molar-refractivity contribution is -0.114. The first-order valence-corrected chi connectivity index (χ1v) is 10.1. The molecule has 0 fully saturated rings. The number of nitrogens with one attached hydrogen (secondary N) is 2. The molecule has 0 aliphatic carbocycles. The minimum Gasteiger partial charge on any atom is -0.478 e. The maximum atomic E-state index is 11.4. The third-order valence-corrected chi connectivity index (χ3v) is 4.96. The number of benzene rings is 3. The molecule has 0 radical (unpaired) electrons. The van der Waals surface area contributed by atoms with Gasteiger partial charge in [-0.3, -0.25) is 4.79 Å². The molecule has 0 spiro atoms. The van der Waals surface area contributed by atoms with Crippen molar-refractivity contribution in [3.05, 3.63) is 89.5 Å². The van der Waals surface area contributed by atoms with E-state index in [1.807, 2.05) is 54.6 Å². The SMILES string of the molecule is CC(=O)Nc1cc(-c2ccc(CCNC[C@@H](O)c3ccccc3)cc2)ccc1C(=O)O. The van der Waals surface area contributed by atoms with Crippen LogP contribution in [0, 0.1) is 0 Å². The summed E-state index contributed by atoms with van der Waals surface area (Å²) in [5, 5.41) is 25.3. The molecule has 0 bridgehead atoms. The third kappa shape index (κ3) is 6.25. The molecule has 0 aliphatic heterocycles. The van der Waals surface area contributed by atoms with E-state index in [4.69, 9.17) is 0 Å². The fourth-order valence-corrected chi connectivity index (χ4v) is 3.33. The van der Waals surface area contributed by atoms with Gasteiger partial charge in [-0.25, -0.2) is 4.79 Å². The summed E-state index contributed by atoms with van der Waals surface area (Å²) in [5.74, 6) is -1.41. The zero-order valence-electron chi connectivity index (χ0n) is 17.3. The minimum atomic E-state index is -1.09. The van der Waals surface area contributed by atoms with E-state index < -0.39 is 12.1 Å². The number of rotatable bonds is 9. The third-order valence-electron chi connectivity index (χ3n) is 4.96. The highest BCUT2D eigenvalue weighted by Crippen LogP contribution is 2.26. The first-order valence-electron chi connectivity index (χ1n) is 10.1. The summed E-state index contributed by atoms with van der Waals surface area (Å²) in [6.07, 6.45) is 0.284. The Balaban J connectivity index is 1.58. The van der Waals surface area contributed by atoms with Crippen molar-refractivity contribution in [1.82, 2.24) is 5.32 Å². The minimum absolute atomic E-state index is 0.0549. The molecule has 0 saturated carbocycles. The summed E-state index contributed by atoms with van der Waals surface area (Å²) >= 11 is 0. The van der Waals surface area contributed by atoms with Gasteiger partial charge in [0.15, 0.2) is 0 Å². The summed E-state index contributed by atoms with van der Waals surface area (Å²) < 4.78 is 0. The average Bonchev–Trinajstić information content (AvgIpc) is 2.77. The number of amides is 1. The van der Waals surface area contributed by atoms with E-state index in [9.17, 15) is 19.8 Å². The number of aliphatic hydroxyl groups excluding tert-OH is 1. The van der Waals surface area contributed by atoms with Gasteiger partial charge in [-0.15, -0.1) is 0 Å². The number of anilines is 1. The van der Waals surface area contributed by atoms with Crippen LogP contribution in [0.25, 0.3) is 11.1 Å². The van der Waals surface area contributed by atoms with Crippen molar-refractivity contribution < 1.29 is 19.8 Å². The van der Waals surface area contributed by atoms with E-state index in [0.29, 0.717) is 6.54 Å². The lowest BCUT2D eigenvalue weighted by Gasteiger charge is -2.12. The standard InChI is InChI=1S/C25H26N2O4/c1-17(28)27-23-15-21(11-12-22(23)25(30)31)19-9-7-18(8-10-19)13-14-26-16-24(29)20-5-3-2-4-6-20/h2-12,15,24,26,29H,13-14,16H2,1H3,(H,27,28)(H,30,31)/t24-/m1/s1. The van der Waals surface area contributed by atoms with Crippen molar-refractivity contribution >= 4 is 17.6 Å². The van der Waals surface area contributed by atoms with E-state index in [-0.39, 0.29) is 17.2 Å². The molecule has 31 heavy (non-hydrogen) atoms. The molecule has 1 amide bonds. The molecule has 3 aromatic rings. The Labute approximate surface area is 181 Å². The van der Waals surface area contributed by atoms with Crippen molar-refractivity contribution in [2.24, 2.45) is 0 Å². The molecule has 3 aromatic carbocycles. The molecular formula is C25H26N2O4. The van der Waals surface area contributed by atoms with Gasteiger partial charge >= 0.3 is 5.97 Å². The highest BCUT2D eigenvalue weighted by Gasteiger charge is 2.12. The van der Waals surface area contributed by atoms with Gasteiger partial charge in [-0.2, -0.15) is 0 Å². The van der Waals surface area contributed by atoms with Gasteiger partial charge in [-0.05, 0) is 47.4 Å². The largest absolute Gasteiger partial charge is 0.478 e. The first-order chi connectivity index (χ1) is 14.9. The maximum Gasteiger partial charge on any atom is 0.337 e. The van der Waals surface area contributed by atoms with Gasteiger partial charge in [0, 0.05) is 13.5 Å². The van der Waals surface area contributed by atoms with Crippen LogP contribution in [0.4, 0.5) is 5.69 Å². The summed E-state index contributed by atoms with van der Waals surface area (Å²) in [7, 11) is 0. The molecule has 1 atom stereocenters. The molecule has 0 aromatic heterocycles. The van der Waals surface area contributed by atoms with Crippen LogP contribution in [-0.4, -0.2) is 35.2 Å². The molecule has 0 unspecified atom stereocenters. The number of carboxylic acid groups (broad SMARTS) is 1. The van der Waals surface area contributed by atoms with E-state index in [1.54, 1.807) is 12.1 Å². The Bertz CT molecular complexity index is 1030. The summed E-state index contributed by atoms with van der Waals surface area (Å²) in [6, 6.07) is 22.5. The number of carbonyl (C=O) groups is 2. The van der Waals surface area contributed by atoms with Crippen LogP contribution in [0.1, 0.15) is 34.5 Å². The number of carbonyl (C=O) groups excluding carboxylic acids is 1. The summed E-state index contributed by atoms with van der Waals surface area (Å²) in [6.45, 7) is 2.58. The summed E-state index contributed by atoms with van der Waals surface area (Å²) in [4.78, 5) is 22.8. The Hall–Kier alpha value is -3.48. The molecule has 160 valence electrons. The number of hydrogen-bond donors (Lipinski definition) is 4. The number of hydrogen-bond acceptors (Lipinski definition) is 4. The predicted octanol–water partition coefficient (Wildman–Crippen LogP) is 3.88. The Kier molecular flexibility index (Phi) is 7.54. The van der Waals surface area contributed by atoms with Crippen molar-refractivity contribution in [2.75, 3.05) is 18.4 Å². The zero-order valence-corrected chi connectivity index (χ0v) is 17.3. The van der Waals surface area contributed by atoms with Crippen LogP contribution in [0.2, 0.25) is 0 Å². The normalized spacial score (nSPS) is 11.7. The smallest absolute Gasteiger partial charge is 0.337 e. The lowest BCUT2D eigenvalue weighted by atomic mass is 10.00. The van der Waals surface area contributed by atoms with Crippen LogP contribution in [0.5, 0.6) is 0 Å². The number of carboxylic acids is 1. The van der Waals surface area contributed by atoms with Crippen LogP contribution >= 0.6 is 0 Å². The Morgan fingerprint density at radius 1 is 0.935 bits per heavy atom. The van der Waals surface area contributed by atoms with Crippen molar-refractivity contribution in [3.63, 3.8) is 0 Å². The molecule has 4 N–H and O–H groups in total. The van der Waals surface area contributed by atoms with E-state index in [1.165, 1.54) is 13.0 Å². The van der Waals surface area contributed by atoms with Gasteiger partial charge in [-0.1, -0.05) is 60.7 Å². The van der Waals surface area contributed by atoms with E-state index in [2.05, 4.69) is 10.6 Å². The number of aromatic carboxylic acids is 1. The molecular weight excluding hydrogens is 392 g/mol. The monoisotopic (exact) mass is 418 g/mol. The second-order valence-corrected chi connectivity index (χ2v) is 7.32. The van der Waals surface area contributed by atoms with Gasteiger partial charge in [0.25, 0.3) is 0 Å². The second kappa shape index (κ2) is 10.5. The van der Waals surface area contributed by atoms with Gasteiger partial charge in [0.05, 0.1) is 17.4 Å². The molecule has 6 heteroatoms. The topological polar surface area (TPSA) is 98.7 Å². The van der Waals surface area contributed by atoms with Crippen LogP contribution in [-0.2, 0) is 11.2 Å². The average molecular weight is 418 g/mol. The van der Waals surface area contributed by atoms with Crippen LogP contribution in [0.3, 0.4) is 0 Å². The number of aliphatic hydroxyl groups is 1. The molecule has 0 heterocycles. The van der Waals surface area contributed by atoms with Gasteiger partial charge in [0.1, 0.15) is 0 Å². The summed E-state index contributed by atoms with van der Waals surface area (Å²) in [5.41, 5.74) is 4.13. The molecule has 0 saturated heterocycles. The first kappa shape index (κ1) is 22.2. The quantitative estimate of drug-likeness (QED) is 0.395. The van der Waals surface area contributed by atoms with E-state index >= 15 is 0 Å². The van der Waals surface area contributed by atoms with Gasteiger partial charge in [0.2, 0.25) is 5.91 Å². The van der Waals surface area contributed by atoms with Crippen LogP contribution in [0.15, 0.2) is 72.8 Å². The van der Waals surface area contributed by atoms with Crippen LogP contribution < -0.4 is 10.6 Å². The fourth-order valence-electron chi connectivity index (χ4n) is 3.33. The maximum absolute atomic E-state index is 11.4. The lowest BCUT2D eigenvalue weighted by Crippen LogP contribution is -2.23. The molecule has 3 rings (SSSR count). The fraction of sp³-hybridized carbons (Fsp3) is 0.200. The van der Waals surface area contributed by atoms with Crippen molar-refractivity contribution in [2.45, 2.75) is 19.4 Å². The highest BCUT2D eigenvalue weighted by atomic mass is 16.4. The zero-order chi connectivity index (χ0) is 22.2. The second-order valence-electron chi connectivity index (χ2n) is 7.32. The van der Waals surface area contributed by atoms with Gasteiger partial charge < -0.3 is 20.8 Å². The molecule has 0 aliphatic rings. The Morgan fingerprint density at radius 2 is 1.61 bits per heavy atom. The predicted molar refractivity (Wildman–Crippen MR) is 121 cm³/mol. The van der Waals surface area contributed by atoms with E-state index in [0.717, 1.165) is 35.2 Å². The Morgan fingerprint density at radius 3 is 2.26 bits per heavy atom.